The van der Waals surface area contributed by atoms with E-state index in [4.69, 9.17) is 5.73 Å². The number of aromatic nitrogens is 1. The standard InChI is InChI=1S/C17H26N4O/c18-16-11-15(4-7-19-16)12-20-9-5-14(6-10-20)13-21-8-2-1-3-17(21)22/h4,7,11,14H,1-3,5-6,8-10,12-13H2,(H2,18,19). The van der Waals surface area contributed by atoms with E-state index in [9.17, 15) is 4.79 Å². The molecule has 3 rings (SSSR count). The molecule has 1 aromatic rings. The van der Waals surface area contributed by atoms with Gasteiger partial charge in [0.1, 0.15) is 5.82 Å². The van der Waals surface area contributed by atoms with Crippen molar-refractivity contribution >= 4 is 11.7 Å². The maximum atomic E-state index is 11.9. The molecule has 0 saturated carbocycles. The Balaban J connectivity index is 1.45. The van der Waals surface area contributed by atoms with Crippen LogP contribution in [0.1, 0.15) is 37.7 Å². The Hall–Kier alpha value is -1.62. The summed E-state index contributed by atoms with van der Waals surface area (Å²) in [6, 6.07) is 3.99. The highest BCUT2D eigenvalue weighted by Crippen LogP contribution is 2.22. The van der Waals surface area contributed by atoms with Crippen molar-refractivity contribution in [2.45, 2.75) is 38.6 Å². The van der Waals surface area contributed by atoms with Crippen LogP contribution in [-0.2, 0) is 11.3 Å². The Morgan fingerprint density at radius 3 is 2.77 bits per heavy atom. The van der Waals surface area contributed by atoms with Gasteiger partial charge in [-0.2, -0.15) is 0 Å². The van der Waals surface area contributed by atoms with E-state index < -0.39 is 0 Å². The summed E-state index contributed by atoms with van der Waals surface area (Å²) in [6.45, 7) is 5.09. The minimum absolute atomic E-state index is 0.362. The third kappa shape index (κ3) is 3.97. The number of nitrogens with two attached hydrogens (primary N) is 1. The lowest BCUT2D eigenvalue weighted by Gasteiger charge is -2.36. The summed E-state index contributed by atoms with van der Waals surface area (Å²) < 4.78 is 0. The lowest BCUT2D eigenvalue weighted by atomic mass is 9.95. The highest BCUT2D eigenvalue weighted by atomic mass is 16.2. The molecule has 22 heavy (non-hydrogen) atoms. The van der Waals surface area contributed by atoms with Crippen molar-refractivity contribution in [3.05, 3.63) is 23.9 Å². The van der Waals surface area contributed by atoms with E-state index in [1.807, 2.05) is 12.1 Å². The summed E-state index contributed by atoms with van der Waals surface area (Å²) in [7, 11) is 0. The van der Waals surface area contributed by atoms with E-state index in [1.54, 1.807) is 6.20 Å². The van der Waals surface area contributed by atoms with Gasteiger partial charge in [0.05, 0.1) is 0 Å². The van der Waals surface area contributed by atoms with E-state index in [0.717, 1.165) is 45.6 Å². The smallest absolute Gasteiger partial charge is 0.222 e. The first-order valence-corrected chi connectivity index (χ1v) is 8.41. The zero-order valence-corrected chi connectivity index (χ0v) is 13.2. The van der Waals surface area contributed by atoms with Gasteiger partial charge in [-0.25, -0.2) is 4.98 Å². The van der Waals surface area contributed by atoms with Gasteiger partial charge in [0.25, 0.3) is 0 Å². The lowest BCUT2D eigenvalue weighted by molar-refractivity contribution is -0.134. The van der Waals surface area contributed by atoms with E-state index in [0.29, 0.717) is 17.6 Å². The fraction of sp³-hybridized carbons (Fsp3) is 0.647. The Morgan fingerprint density at radius 2 is 2.05 bits per heavy atom. The fourth-order valence-electron chi connectivity index (χ4n) is 3.54. The second-order valence-corrected chi connectivity index (χ2v) is 6.61. The van der Waals surface area contributed by atoms with Crippen molar-refractivity contribution in [2.75, 3.05) is 31.9 Å². The Kier molecular flexibility index (Phi) is 4.93. The molecule has 5 nitrogen and oxygen atoms in total. The molecule has 1 aromatic heterocycles. The molecule has 0 atom stereocenters. The van der Waals surface area contributed by atoms with Gasteiger partial charge in [-0.15, -0.1) is 0 Å². The topological polar surface area (TPSA) is 62.5 Å². The summed E-state index contributed by atoms with van der Waals surface area (Å²) in [4.78, 5) is 20.5. The molecule has 2 fully saturated rings. The minimum Gasteiger partial charge on any atom is -0.384 e. The predicted molar refractivity (Wildman–Crippen MR) is 87.1 cm³/mol. The first-order chi connectivity index (χ1) is 10.7. The van der Waals surface area contributed by atoms with E-state index in [1.165, 1.54) is 24.8 Å². The normalized spacial score (nSPS) is 21.3. The number of nitrogens with zero attached hydrogens (tertiary/aromatic N) is 3. The van der Waals surface area contributed by atoms with Crippen molar-refractivity contribution in [3.63, 3.8) is 0 Å². The Bertz CT molecular complexity index is 511. The lowest BCUT2D eigenvalue weighted by Crippen LogP contribution is -2.42. The van der Waals surface area contributed by atoms with Crippen LogP contribution in [0.25, 0.3) is 0 Å². The number of hydrogen-bond donors (Lipinski definition) is 1. The van der Waals surface area contributed by atoms with Gasteiger partial charge in [0.15, 0.2) is 0 Å². The summed E-state index contributed by atoms with van der Waals surface area (Å²) >= 11 is 0. The molecule has 2 aliphatic heterocycles. The van der Waals surface area contributed by atoms with Crippen molar-refractivity contribution in [1.29, 1.82) is 0 Å². The maximum Gasteiger partial charge on any atom is 0.222 e. The molecule has 2 saturated heterocycles. The molecular weight excluding hydrogens is 276 g/mol. The molecule has 0 spiro atoms. The van der Waals surface area contributed by atoms with Crippen LogP contribution in [-0.4, -0.2) is 46.9 Å². The predicted octanol–water partition coefficient (Wildman–Crippen LogP) is 1.89. The number of piperidine rings is 2. The average Bonchev–Trinajstić information content (AvgIpc) is 2.52. The van der Waals surface area contributed by atoms with Gasteiger partial charge in [-0.3, -0.25) is 9.69 Å². The number of anilines is 1. The second kappa shape index (κ2) is 7.09. The zero-order chi connectivity index (χ0) is 15.4. The van der Waals surface area contributed by atoms with Crippen LogP contribution in [0.2, 0.25) is 0 Å². The van der Waals surface area contributed by atoms with Crippen LogP contribution >= 0.6 is 0 Å². The molecular formula is C17H26N4O. The number of amides is 1. The van der Waals surface area contributed by atoms with Crippen LogP contribution in [0.3, 0.4) is 0 Å². The monoisotopic (exact) mass is 302 g/mol. The van der Waals surface area contributed by atoms with E-state index >= 15 is 0 Å². The van der Waals surface area contributed by atoms with Crippen LogP contribution in [0, 0.1) is 5.92 Å². The number of nitrogen functional groups attached to an aromatic ring is 1. The van der Waals surface area contributed by atoms with Crippen LogP contribution < -0.4 is 5.73 Å². The quantitative estimate of drug-likeness (QED) is 0.922. The van der Waals surface area contributed by atoms with Gasteiger partial charge in [0.2, 0.25) is 5.91 Å². The van der Waals surface area contributed by atoms with Gasteiger partial charge < -0.3 is 10.6 Å². The van der Waals surface area contributed by atoms with E-state index in [-0.39, 0.29) is 0 Å². The molecule has 2 N–H and O–H groups in total. The van der Waals surface area contributed by atoms with Gasteiger partial charge in [-0.05, 0) is 62.4 Å². The molecule has 3 heterocycles. The number of carbonyl (C=O) groups is 1. The molecule has 2 aliphatic rings. The summed E-state index contributed by atoms with van der Waals surface area (Å²) in [5, 5.41) is 0. The molecule has 1 amide bonds. The molecule has 0 aromatic carbocycles. The number of likely N-dealkylation sites (tertiary alicyclic amines) is 2. The number of carbonyl (C=O) groups excluding carboxylic acids is 1. The SMILES string of the molecule is Nc1cc(CN2CCC(CN3CCCCC3=O)CC2)ccn1. The largest absolute Gasteiger partial charge is 0.384 e. The van der Waals surface area contributed by atoms with Crippen molar-refractivity contribution in [1.82, 2.24) is 14.8 Å². The van der Waals surface area contributed by atoms with Crippen LogP contribution in [0.5, 0.6) is 0 Å². The first kappa shape index (κ1) is 15.3. The number of rotatable bonds is 4. The second-order valence-electron chi connectivity index (χ2n) is 6.61. The number of pyridine rings is 1. The molecule has 0 bridgehead atoms. The summed E-state index contributed by atoms with van der Waals surface area (Å²) in [6.07, 6.45) is 7.15. The van der Waals surface area contributed by atoms with Gasteiger partial charge in [-0.1, -0.05) is 0 Å². The zero-order valence-electron chi connectivity index (χ0n) is 13.2. The summed E-state index contributed by atoms with van der Waals surface area (Å²) in [5.74, 6) is 1.62. The van der Waals surface area contributed by atoms with Gasteiger partial charge >= 0.3 is 0 Å². The highest BCUT2D eigenvalue weighted by Gasteiger charge is 2.25. The van der Waals surface area contributed by atoms with Crippen molar-refractivity contribution < 1.29 is 4.79 Å². The van der Waals surface area contributed by atoms with Crippen molar-refractivity contribution in [3.8, 4) is 0 Å². The van der Waals surface area contributed by atoms with E-state index in [2.05, 4.69) is 14.8 Å². The molecule has 0 unspecified atom stereocenters. The number of hydrogen-bond acceptors (Lipinski definition) is 4. The average molecular weight is 302 g/mol. The van der Waals surface area contributed by atoms with Crippen LogP contribution in [0.4, 0.5) is 5.82 Å². The Morgan fingerprint density at radius 1 is 1.23 bits per heavy atom. The molecule has 5 heteroatoms. The molecule has 0 aliphatic carbocycles. The maximum absolute atomic E-state index is 11.9. The Labute approximate surface area is 132 Å². The first-order valence-electron chi connectivity index (χ1n) is 8.41. The molecule has 0 radical (unpaired) electrons. The summed E-state index contributed by atoms with van der Waals surface area (Å²) in [5.41, 5.74) is 6.97. The van der Waals surface area contributed by atoms with Gasteiger partial charge in [0, 0.05) is 32.3 Å². The third-order valence-corrected chi connectivity index (χ3v) is 4.86. The van der Waals surface area contributed by atoms with Crippen molar-refractivity contribution in [2.24, 2.45) is 5.92 Å². The molecule has 120 valence electrons. The highest BCUT2D eigenvalue weighted by molar-refractivity contribution is 5.76. The minimum atomic E-state index is 0.362. The fourth-order valence-corrected chi connectivity index (χ4v) is 3.54. The van der Waals surface area contributed by atoms with Crippen LogP contribution in [0.15, 0.2) is 18.3 Å². The third-order valence-electron chi connectivity index (χ3n) is 4.86.